The van der Waals surface area contributed by atoms with E-state index in [1.165, 1.54) is 11.3 Å². The molecule has 4 nitrogen and oxygen atoms in total. The van der Waals surface area contributed by atoms with Gasteiger partial charge in [-0.05, 0) is 36.1 Å². The van der Waals surface area contributed by atoms with Crippen LogP contribution in [0.25, 0.3) is 0 Å². The first-order valence-corrected chi connectivity index (χ1v) is 7.23. The lowest BCUT2D eigenvalue weighted by atomic mass is 10.2. The Morgan fingerprint density at radius 2 is 1.95 bits per heavy atom. The fourth-order valence-corrected chi connectivity index (χ4v) is 2.32. The first kappa shape index (κ1) is 14.3. The minimum Gasteiger partial charge on any atom is -0.324 e. The maximum Gasteiger partial charge on any atom is 0.265 e. The standard InChI is InChI=1S/C15H16N2O2S/c1-3-14(18)16-12-9-10(2)6-7-11(12)17-15(19)13-5-4-8-20-13/h4-9H,3H2,1-2H3,(H,16,18)(H,17,19). The highest BCUT2D eigenvalue weighted by Gasteiger charge is 2.11. The number of aryl methyl sites for hydroxylation is 1. The van der Waals surface area contributed by atoms with E-state index in [0.29, 0.717) is 22.7 Å². The molecule has 0 bridgehead atoms. The van der Waals surface area contributed by atoms with Gasteiger partial charge in [0.1, 0.15) is 0 Å². The zero-order valence-electron chi connectivity index (χ0n) is 11.4. The molecular formula is C15H16N2O2S. The highest BCUT2D eigenvalue weighted by atomic mass is 32.1. The van der Waals surface area contributed by atoms with E-state index in [9.17, 15) is 9.59 Å². The zero-order valence-corrected chi connectivity index (χ0v) is 12.2. The summed E-state index contributed by atoms with van der Waals surface area (Å²) in [6.07, 6.45) is 0.395. The molecule has 0 saturated carbocycles. The fraction of sp³-hybridized carbons (Fsp3) is 0.200. The first-order chi connectivity index (χ1) is 9.60. The Labute approximate surface area is 121 Å². The van der Waals surface area contributed by atoms with Crippen LogP contribution in [-0.2, 0) is 4.79 Å². The average molecular weight is 288 g/mol. The molecule has 0 fully saturated rings. The quantitative estimate of drug-likeness (QED) is 0.902. The molecule has 5 heteroatoms. The van der Waals surface area contributed by atoms with Crippen LogP contribution in [0, 0.1) is 6.92 Å². The lowest BCUT2D eigenvalue weighted by molar-refractivity contribution is -0.115. The van der Waals surface area contributed by atoms with Crippen molar-refractivity contribution in [2.75, 3.05) is 10.6 Å². The second-order valence-corrected chi connectivity index (χ2v) is 5.33. The number of rotatable bonds is 4. The van der Waals surface area contributed by atoms with E-state index in [0.717, 1.165) is 5.56 Å². The van der Waals surface area contributed by atoms with Crippen molar-refractivity contribution in [2.45, 2.75) is 20.3 Å². The maximum atomic E-state index is 12.1. The van der Waals surface area contributed by atoms with Gasteiger partial charge in [0.05, 0.1) is 16.3 Å². The summed E-state index contributed by atoms with van der Waals surface area (Å²) in [6, 6.07) is 9.13. The molecule has 1 aromatic heterocycles. The number of carbonyl (C=O) groups excluding carboxylic acids is 2. The number of hydrogen-bond acceptors (Lipinski definition) is 3. The molecule has 0 aliphatic rings. The van der Waals surface area contributed by atoms with E-state index in [-0.39, 0.29) is 11.8 Å². The van der Waals surface area contributed by atoms with E-state index in [1.807, 2.05) is 30.5 Å². The second-order valence-electron chi connectivity index (χ2n) is 4.38. The van der Waals surface area contributed by atoms with E-state index in [2.05, 4.69) is 10.6 Å². The van der Waals surface area contributed by atoms with Crippen molar-refractivity contribution in [3.63, 3.8) is 0 Å². The molecule has 0 aliphatic carbocycles. The average Bonchev–Trinajstić information content (AvgIpc) is 2.95. The summed E-state index contributed by atoms with van der Waals surface area (Å²) in [5.74, 6) is -0.252. The van der Waals surface area contributed by atoms with Crippen LogP contribution in [0.5, 0.6) is 0 Å². The molecule has 2 amide bonds. The summed E-state index contributed by atoms with van der Waals surface area (Å²) in [4.78, 5) is 24.2. The Kier molecular flexibility index (Phi) is 4.53. The zero-order chi connectivity index (χ0) is 14.5. The smallest absolute Gasteiger partial charge is 0.265 e. The van der Waals surface area contributed by atoms with E-state index >= 15 is 0 Å². The molecule has 2 N–H and O–H groups in total. The van der Waals surface area contributed by atoms with Gasteiger partial charge in [0.2, 0.25) is 5.91 Å². The van der Waals surface area contributed by atoms with Crippen molar-refractivity contribution in [1.29, 1.82) is 0 Å². The summed E-state index contributed by atoms with van der Waals surface area (Å²) in [6.45, 7) is 3.72. The van der Waals surface area contributed by atoms with Crippen LogP contribution < -0.4 is 10.6 Å². The summed E-state index contributed by atoms with van der Waals surface area (Å²) in [5.41, 5.74) is 2.25. The van der Waals surface area contributed by atoms with Crippen molar-refractivity contribution in [3.05, 3.63) is 46.2 Å². The number of amides is 2. The maximum absolute atomic E-state index is 12.1. The van der Waals surface area contributed by atoms with Gasteiger partial charge in [0.15, 0.2) is 0 Å². The monoisotopic (exact) mass is 288 g/mol. The van der Waals surface area contributed by atoms with Gasteiger partial charge >= 0.3 is 0 Å². The predicted molar refractivity (Wildman–Crippen MR) is 82.4 cm³/mol. The predicted octanol–water partition coefficient (Wildman–Crippen LogP) is 3.66. The summed E-state index contributed by atoms with van der Waals surface area (Å²) in [5, 5.41) is 7.48. The lowest BCUT2D eigenvalue weighted by Crippen LogP contribution is -2.15. The van der Waals surface area contributed by atoms with Gasteiger partial charge in [-0.2, -0.15) is 0 Å². The van der Waals surface area contributed by atoms with Crippen LogP contribution in [0.15, 0.2) is 35.7 Å². The van der Waals surface area contributed by atoms with E-state index in [4.69, 9.17) is 0 Å². The largest absolute Gasteiger partial charge is 0.324 e. The molecule has 0 aliphatic heterocycles. The molecule has 0 unspecified atom stereocenters. The molecule has 104 valence electrons. The van der Waals surface area contributed by atoms with E-state index in [1.54, 1.807) is 19.1 Å². The minimum absolute atomic E-state index is 0.0813. The highest BCUT2D eigenvalue weighted by Crippen LogP contribution is 2.24. The van der Waals surface area contributed by atoms with Crippen molar-refractivity contribution in [1.82, 2.24) is 0 Å². The minimum atomic E-state index is -0.171. The molecule has 0 atom stereocenters. The molecule has 1 heterocycles. The Bertz CT molecular complexity index is 621. The van der Waals surface area contributed by atoms with Crippen LogP contribution in [0.2, 0.25) is 0 Å². The Hall–Kier alpha value is -2.14. The third-order valence-corrected chi connectivity index (χ3v) is 3.63. The fourth-order valence-electron chi connectivity index (χ4n) is 1.70. The van der Waals surface area contributed by atoms with Gasteiger partial charge in [0, 0.05) is 6.42 Å². The van der Waals surface area contributed by atoms with Crippen molar-refractivity contribution in [2.24, 2.45) is 0 Å². The Morgan fingerprint density at radius 3 is 2.60 bits per heavy atom. The van der Waals surface area contributed by atoms with E-state index < -0.39 is 0 Å². The van der Waals surface area contributed by atoms with Crippen molar-refractivity contribution >= 4 is 34.5 Å². The molecule has 0 saturated heterocycles. The third-order valence-electron chi connectivity index (χ3n) is 2.76. The van der Waals surface area contributed by atoms with Gasteiger partial charge in [-0.1, -0.05) is 19.1 Å². The topological polar surface area (TPSA) is 58.2 Å². The lowest BCUT2D eigenvalue weighted by Gasteiger charge is -2.12. The second kappa shape index (κ2) is 6.34. The van der Waals surface area contributed by atoms with Gasteiger partial charge in [-0.3, -0.25) is 9.59 Å². The number of hydrogen-bond donors (Lipinski definition) is 2. The van der Waals surface area contributed by atoms with Gasteiger partial charge < -0.3 is 10.6 Å². The Balaban J connectivity index is 2.22. The van der Waals surface area contributed by atoms with Crippen molar-refractivity contribution in [3.8, 4) is 0 Å². The molecule has 0 spiro atoms. The van der Waals surface area contributed by atoms with Crippen LogP contribution in [0.3, 0.4) is 0 Å². The first-order valence-electron chi connectivity index (χ1n) is 6.35. The summed E-state index contributed by atoms with van der Waals surface area (Å²) < 4.78 is 0. The molecule has 20 heavy (non-hydrogen) atoms. The summed E-state index contributed by atoms with van der Waals surface area (Å²) >= 11 is 1.38. The summed E-state index contributed by atoms with van der Waals surface area (Å²) in [7, 11) is 0. The highest BCUT2D eigenvalue weighted by molar-refractivity contribution is 7.12. The molecule has 2 rings (SSSR count). The number of nitrogens with one attached hydrogen (secondary N) is 2. The molecule has 1 aromatic carbocycles. The van der Waals surface area contributed by atoms with Crippen LogP contribution >= 0.6 is 11.3 Å². The normalized spacial score (nSPS) is 10.1. The molecule has 0 radical (unpaired) electrons. The molecular weight excluding hydrogens is 272 g/mol. The van der Waals surface area contributed by atoms with Gasteiger partial charge in [-0.15, -0.1) is 11.3 Å². The Morgan fingerprint density at radius 1 is 1.15 bits per heavy atom. The van der Waals surface area contributed by atoms with Gasteiger partial charge in [-0.25, -0.2) is 0 Å². The van der Waals surface area contributed by atoms with Gasteiger partial charge in [0.25, 0.3) is 5.91 Å². The van der Waals surface area contributed by atoms with Crippen LogP contribution in [-0.4, -0.2) is 11.8 Å². The van der Waals surface area contributed by atoms with Crippen LogP contribution in [0.4, 0.5) is 11.4 Å². The van der Waals surface area contributed by atoms with Crippen LogP contribution in [0.1, 0.15) is 28.6 Å². The number of benzene rings is 1. The number of carbonyl (C=O) groups is 2. The number of thiophene rings is 1. The number of anilines is 2. The molecule has 2 aromatic rings. The SMILES string of the molecule is CCC(=O)Nc1cc(C)ccc1NC(=O)c1cccs1. The third kappa shape index (κ3) is 3.45. The van der Waals surface area contributed by atoms with Crippen molar-refractivity contribution < 1.29 is 9.59 Å².